The number of benzene rings is 1. The molecule has 0 aromatic heterocycles. The third-order valence-corrected chi connectivity index (χ3v) is 5.52. The van der Waals surface area contributed by atoms with Crippen LogP contribution in [0, 0.1) is 12.8 Å². The minimum atomic E-state index is 0.0475. The van der Waals surface area contributed by atoms with Gasteiger partial charge in [-0.05, 0) is 56.9 Å². The molecule has 1 saturated carbocycles. The van der Waals surface area contributed by atoms with Crippen LogP contribution in [-0.4, -0.2) is 54.4 Å². The van der Waals surface area contributed by atoms with Gasteiger partial charge in [0.1, 0.15) is 5.75 Å². The molecule has 0 bridgehead atoms. The molecule has 0 spiro atoms. The lowest BCUT2D eigenvalue weighted by Crippen LogP contribution is -2.39. The SMILES string of the molecule is CCOc1ccc(C(=O)N2CCCN(C(=O)C3CCCC3)CC2)cc1C. The highest BCUT2D eigenvalue weighted by Crippen LogP contribution is 2.27. The molecule has 5 nitrogen and oxygen atoms in total. The van der Waals surface area contributed by atoms with Gasteiger partial charge in [-0.25, -0.2) is 0 Å². The van der Waals surface area contributed by atoms with Crippen LogP contribution in [0.3, 0.4) is 0 Å². The number of amides is 2. The fourth-order valence-electron chi connectivity index (χ4n) is 4.05. The Morgan fingerprint density at radius 2 is 1.73 bits per heavy atom. The van der Waals surface area contributed by atoms with E-state index in [9.17, 15) is 9.59 Å². The number of aryl methyl sites for hydroxylation is 1. The molecule has 5 heteroatoms. The van der Waals surface area contributed by atoms with Gasteiger partial charge in [-0.1, -0.05) is 12.8 Å². The van der Waals surface area contributed by atoms with E-state index < -0.39 is 0 Å². The highest BCUT2D eigenvalue weighted by atomic mass is 16.5. The summed E-state index contributed by atoms with van der Waals surface area (Å²) in [4.78, 5) is 29.4. The van der Waals surface area contributed by atoms with Crippen LogP contribution in [0.4, 0.5) is 0 Å². The second-order valence-corrected chi connectivity index (χ2v) is 7.37. The summed E-state index contributed by atoms with van der Waals surface area (Å²) in [5.41, 5.74) is 1.67. The first-order chi connectivity index (χ1) is 12.6. The molecule has 142 valence electrons. The molecule has 1 aliphatic carbocycles. The number of ether oxygens (including phenoxy) is 1. The molecule has 0 atom stereocenters. The van der Waals surface area contributed by atoms with Gasteiger partial charge in [-0.15, -0.1) is 0 Å². The molecular formula is C21H30N2O3. The monoisotopic (exact) mass is 358 g/mol. The van der Waals surface area contributed by atoms with Gasteiger partial charge in [-0.3, -0.25) is 9.59 Å². The van der Waals surface area contributed by atoms with Crippen molar-refractivity contribution < 1.29 is 14.3 Å². The number of nitrogens with zero attached hydrogens (tertiary/aromatic N) is 2. The van der Waals surface area contributed by atoms with Crippen molar-refractivity contribution in [3.8, 4) is 5.75 Å². The lowest BCUT2D eigenvalue weighted by atomic mass is 10.1. The van der Waals surface area contributed by atoms with E-state index >= 15 is 0 Å². The maximum absolute atomic E-state index is 12.9. The molecule has 2 aliphatic rings. The predicted octanol–water partition coefficient (Wildman–Crippen LogP) is 3.26. The Kier molecular flexibility index (Phi) is 6.17. The highest BCUT2D eigenvalue weighted by molar-refractivity contribution is 5.94. The third kappa shape index (κ3) is 4.19. The van der Waals surface area contributed by atoms with Gasteiger partial charge in [0, 0.05) is 37.7 Å². The van der Waals surface area contributed by atoms with Gasteiger partial charge < -0.3 is 14.5 Å². The van der Waals surface area contributed by atoms with Gasteiger partial charge in [-0.2, -0.15) is 0 Å². The van der Waals surface area contributed by atoms with Gasteiger partial charge >= 0.3 is 0 Å². The van der Waals surface area contributed by atoms with E-state index in [1.54, 1.807) is 0 Å². The van der Waals surface area contributed by atoms with E-state index in [0.29, 0.717) is 37.7 Å². The third-order valence-electron chi connectivity index (χ3n) is 5.52. The zero-order chi connectivity index (χ0) is 18.5. The van der Waals surface area contributed by atoms with E-state index in [-0.39, 0.29) is 11.8 Å². The van der Waals surface area contributed by atoms with E-state index in [2.05, 4.69) is 0 Å². The van der Waals surface area contributed by atoms with Crippen molar-refractivity contribution in [3.63, 3.8) is 0 Å². The lowest BCUT2D eigenvalue weighted by molar-refractivity contribution is -0.135. The maximum Gasteiger partial charge on any atom is 0.253 e. The van der Waals surface area contributed by atoms with Crippen molar-refractivity contribution in [2.75, 3.05) is 32.8 Å². The van der Waals surface area contributed by atoms with E-state index in [1.165, 1.54) is 12.8 Å². The topological polar surface area (TPSA) is 49.9 Å². The Morgan fingerprint density at radius 1 is 1.04 bits per heavy atom. The van der Waals surface area contributed by atoms with Crippen molar-refractivity contribution in [3.05, 3.63) is 29.3 Å². The van der Waals surface area contributed by atoms with E-state index in [1.807, 2.05) is 41.8 Å². The molecule has 1 aliphatic heterocycles. The second kappa shape index (κ2) is 8.56. The number of rotatable bonds is 4. The first-order valence-electron chi connectivity index (χ1n) is 9.91. The Morgan fingerprint density at radius 3 is 2.42 bits per heavy atom. The molecule has 26 heavy (non-hydrogen) atoms. The molecule has 1 saturated heterocycles. The first kappa shape index (κ1) is 18.7. The highest BCUT2D eigenvalue weighted by Gasteiger charge is 2.29. The van der Waals surface area contributed by atoms with Crippen molar-refractivity contribution in [1.29, 1.82) is 0 Å². The van der Waals surface area contributed by atoms with E-state index in [0.717, 1.165) is 37.1 Å². The van der Waals surface area contributed by atoms with Gasteiger partial charge in [0.25, 0.3) is 5.91 Å². The van der Waals surface area contributed by atoms with Crippen LogP contribution in [0.5, 0.6) is 5.75 Å². The Labute approximate surface area is 156 Å². The van der Waals surface area contributed by atoms with Crippen LogP contribution in [0.2, 0.25) is 0 Å². The number of hydrogen-bond acceptors (Lipinski definition) is 3. The first-order valence-corrected chi connectivity index (χ1v) is 9.91. The average Bonchev–Trinajstić information content (AvgIpc) is 3.07. The van der Waals surface area contributed by atoms with Crippen molar-refractivity contribution in [2.45, 2.75) is 46.0 Å². The lowest BCUT2D eigenvalue weighted by Gasteiger charge is -2.24. The fourth-order valence-corrected chi connectivity index (χ4v) is 4.05. The summed E-state index contributed by atoms with van der Waals surface area (Å²) in [7, 11) is 0. The molecule has 3 rings (SSSR count). The largest absolute Gasteiger partial charge is 0.494 e. The maximum atomic E-state index is 12.9. The Balaban J connectivity index is 1.62. The summed E-state index contributed by atoms with van der Waals surface area (Å²) in [5.74, 6) is 1.39. The molecule has 1 heterocycles. The van der Waals surface area contributed by atoms with E-state index in [4.69, 9.17) is 4.74 Å². The molecule has 2 amide bonds. The van der Waals surface area contributed by atoms with Crippen LogP contribution in [0.25, 0.3) is 0 Å². The minimum absolute atomic E-state index is 0.0475. The predicted molar refractivity (Wildman–Crippen MR) is 101 cm³/mol. The summed E-state index contributed by atoms with van der Waals surface area (Å²) in [5, 5.41) is 0. The molecule has 0 unspecified atom stereocenters. The zero-order valence-electron chi connectivity index (χ0n) is 16.0. The summed E-state index contributed by atoms with van der Waals surface area (Å²) < 4.78 is 5.56. The summed E-state index contributed by atoms with van der Waals surface area (Å²) in [6.45, 7) is 7.27. The smallest absolute Gasteiger partial charge is 0.253 e. The Bertz CT molecular complexity index is 653. The van der Waals surface area contributed by atoms with Crippen LogP contribution >= 0.6 is 0 Å². The van der Waals surface area contributed by atoms with Crippen molar-refractivity contribution >= 4 is 11.8 Å². The molecular weight excluding hydrogens is 328 g/mol. The molecule has 1 aromatic carbocycles. The van der Waals surface area contributed by atoms with Crippen molar-refractivity contribution in [2.24, 2.45) is 5.92 Å². The number of hydrogen-bond donors (Lipinski definition) is 0. The zero-order valence-corrected chi connectivity index (χ0v) is 16.0. The molecule has 2 fully saturated rings. The Hall–Kier alpha value is -2.04. The summed E-state index contributed by atoms with van der Waals surface area (Å²) in [6.07, 6.45) is 5.25. The second-order valence-electron chi connectivity index (χ2n) is 7.37. The minimum Gasteiger partial charge on any atom is -0.494 e. The average molecular weight is 358 g/mol. The van der Waals surface area contributed by atoms with Gasteiger partial charge in [0.2, 0.25) is 5.91 Å². The van der Waals surface area contributed by atoms with Crippen molar-refractivity contribution in [1.82, 2.24) is 9.80 Å². The van der Waals surface area contributed by atoms with Crippen LogP contribution in [0.15, 0.2) is 18.2 Å². The quantitative estimate of drug-likeness (QED) is 0.830. The fraction of sp³-hybridized carbons (Fsp3) is 0.619. The van der Waals surface area contributed by atoms with Crippen LogP contribution < -0.4 is 4.74 Å². The molecule has 1 aromatic rings. The normalized spacial score (nSPS) is 18.7. The molecule has 0 radical (unpaired) electrons. The number of carbonyl (C=O) groups excluding carboxylic acids is 2. The summed E-state index contributed by atoms with van der Waals surface area (Å²) >= 11 is 0. The van der Waals surface area contributed by atoms with Crippen LogP contribution in [-0.2, 0) is 4.79 Å². The van der Waals surface area contributed by atoms with Crippen LogP contribution in [0.1, 0.15) is 54.9 Å². The molecule has 0 N–H and O–H groups in total. The standard InChI is InChI=1S/C21H30N2O3/c1-3-26-19-10-9-18(15-16(19)2)21(25)23-12-6-11-22(13-14-23)20(24)17-7-4-5-8-17/h9-10,15,17H,3-8,11-14H2,1-2H3. The van der Waals surface area contributed by atoms with Gasteiger partial charge in [0.15, 0.2) is 0 Å². The number of carbonyl (C=O) groups is 2. The summed E-state index contributed by atoms with van der Waals surface area (Å²) in [6, 6.07) is 5.62. The van der Waals surface area contributed by atoms with Gasteiger partial charge in [0.05, 0.1) is 6.61 Å².